The minimum atomic E-state index is -0.0444. The molecule has 1 N–H and O–H groups in total. The predicted octanol–water partition coefficient (Wildman–Crippen LogP) is 5.14. The molecule has 1 aliphatic carbocycles. The molecule has 2 heterocycles. The van der Waals surface area contributed by atoms with Crippen molar-refractivity contribution in [2.45, 2.75) is 38.0 Å². The van der Waals surface area contributed by atoms with Crippen LogP contribution in [0, 0.1) is 0 Å². The maximum Gasteiger partial charge on any atom is 0.321 e. The van der Waals surface area contributed by atoms with Crippen LogP contribution in [-0.2, 0) is 0 Å². The fraction of sp³-hybridized carbons (Fsp3) is 0.400. The number of carbonyl (C=O) groups is 1. The van der Waals surface area contributed by atoms with Gasteiger partial charge in [0.2, 0.25) is 11.7 Å². The Morgan fingerprint density at radius 1 is 0.906 bits per heavy atom. The molecular formula is C25H29N5O2. The molecule has 0 radical (unpaired) electrons. The lowest BCUT2D eigenvalue weighted by molar-refractivity contribution is 0.208. The second-order valence-electron chi connectivity index (χ2n) is 8.61. The number of carbonyl (C=O) groups excluding carboxylic acids is 1. The number of hydrogen-bond donors (Lipinski definition) is 1. The third kappa shape index (κ3) is 4.61. The highest BCUT2D eigenvalue weighted by molar-refractivity contribution is 5.89. The Morgan fingerprint density at radius 2 is 1.62 bits per heavy atom. The third-order valence-electron chi connectivity index (χ3n) is 6.48. The monoisotopic (exact) mass is 431 g/mol. The Bertz CT molecular complexity index is 1020. The molecule has 1 saturated carbocycles. The molecule has 1 aliphatic heterocycles. The number of aromatic nitrogens is 2. The Balaban J connectivity index is 1.17. The molecule has 7 nitrogen and oxygen atoms in total. The van der Waals surface area contributed by atoms with E-state index in [1.54, 1.807) is 0 Å². The van der Waals surface area contributed by atoms with Gasteiger partial charge in [0, 0.05) is 49.0 Å². The van der Waals surface area contributed by atoms with Gasteiger partial charge in [0.25, 0.3) is 0 Å². The number of hydrogen-bond acceptors (Lipinski definition) is 5. The fourth-order valence-corrected chi connectivity index (χ4v) is 4.58. The number of urea groups is 1. The van der Waals surface area contributed by atoms with Crippen LogP contribution >= 0.6 is 0 Å². The molecule has 2 aromatic carbocycles. The highest BCUT2D eigenvalue weighted by Crippen LogP contribution is 2.32. The SMILES string of the molecule is O=C(Nc1ccccc1)N1CCN(c2ccc(-c3noc(C4CCCCC4)n3)cc2)CC1. The Labute approximate surface area is 188 Å². The van der Waals surface area contributed by atoms with Crippen molar-refractivity contribution in [1.29, 1.82) is 0 Å². The van der Waals surface area contributed by atoms with Crippen LogP contribution in [0.15, 0.2) is 59.1 Å². The number of anilines is 2. The summed E-state index contributed by atoms with van der Waals surface area (Å²) in [5, 5.41) is 7.18. The van der Waals surface area contributed by atoms with E-state index in [1.807, 2.05) is 35.2 Å². The van der Waals surface area contributed by atoms with Crippen molar-refractivity contribution < 1.29 is 9.32 Å². The summed E-state index contributed by atoms with van der Waals surface area (Å²) in [6.45, 7) is 2.98. The topological polar surface area (TPSA) is 74.5 Å². The normalized spacial score (nSPS) is 17.4. The standard InChI is InChI=1S/C25H29N5O2/c31-25(26-21-9-5-2-6-10-21)30-17-15-29(16-18-30)22-13-11-19(12-14-22)23-27-24(32-28-23)20-7-3-1-4-8-20/h2,5-6,9-14,20H,1,3-4,7-8,15-18H2,(H,26,31). The van der Waals surface area contributed by atoms with Gasteiger partial charge in [0.1, 0.15) is 0 Å². The summed E-state index contributed by atoms with van der Waals surface area (Å²) in [5.74, 6) is 1.87. The number of para-hydroxylation sites is 1. The Hall–Kier alpha value is -3.35. The fourth-order valence-electron chi connectivity index (χ4n) is 4.58. The van der Waals surface area contributed by atoms with E-state index in [0.29, 0.717) is 24.8 Å². The van der Waals surface area contributed by atoms with Gasteiger partial charge in [-0.25, -0.2) is 4.79 Å². The van der Waals surface area contributed by atoms with Crippen molar-refractivity contribution in [3.05, 3.63) is 60.5 Å². The lowest BCUT2D eigenvalue weighted by Gasteiger charge is -2.36. The molecule has 0 unspecified atom stereocenters. The predicted molar refractivity (Wildman–Crippen MR) is 125 cm³/mol. The van der Waals surface area contributed by atoms with E-state index < -0.39 is 0 Å². The number of benzene rings is 2. The van der Waals surface area contributed by atoms with Crippen LogP contribution in [0.3, 0.4) is 0 Å². The second-order valence-corrected chi connectivity index (χ2v) is 8.61. The molecule has 3 aromatic rings. The number of nitrogens with one attached hydrogen (secondary N) is 1. The van der Waals surface area contributed by atoms with Crippen LogP contribution in [-0.4, -0.2) is 47.3 Å². The molecule has 1 saturated heterocycles. The number of nitrogens with zero attached hydrogens (tertiary/aromatic N) is 4. The minimum Gasteiger partial charge on any atom is -0.368 e. The van der Waals surface area contributed by atoms with Crippen molar-refractivity contribution in [2.75, 3.05) is 36.4 Å². The molecule has 7 heteroatoms. The zero-order chi connectivity index (χ0) is 21.8. The quantitative estimate of drug-likeness (QED) is 0.619. The third-order valence-corrected chi connectivity index (χ3v) is 6.48. The molecular weight excluding hydrogens is 402 g/mol. The van der Waals surface area contributed by atoms with Gasteiger partial charge in [-0.15, -0.1) is 0 Å². The van der Waals surface area contributed by atoms with E-state index >= 15 is 0 Å². The summed E-state index contributed by atoms with van der Waals surface area (Å²) in [4.78, 5) is 21.3. The summed E-state index contributed by atoms with van der Waals surface area (Å²) in [5.41, 5.74) is 2.94. The molecule has 2 aliphatic rings. The molecule has 166 valence electrons. The summed E-state index contributed by atoms with van der Waals surface area (Å²) in [7, 11) is 0. The van der Waals surface area contributed by atoms with Crippen LogP contribution in [0.25, 0.3) is 11.4 Å². The summed E-state index contributed by atoms with van der Waals surface area (Å²) < 4.78 is 5.57. The lowest BCUT2D eigenvalue weighted by Crippen LogP contribution is -2.50. The number of rotatable bonds is 4. The van der Waals surface area contributed by atoms with E-state index in [-0.39, 0.29) is 6.03 Å². The van der Waals surface area contributed by atoms with Crippen molar-refractivity contribution >= 4 is 17.4 Å². The summed E-state index contributed by atoms with van der Waals surface area (Å²) in [6, 6.07) is 17.8. The smallest absolute Gasteiger partial charge is 0.321 e. The van der Waals surface area contributed by atoms with Gasteiger partial charge in [-0.1, -0.05) is 42.6 Å². The van der Waals surface area contributed by atoms with Crippen LogP contribution in [0.1, 0.15) is 43.9 Å². The highest BCUT2D eigenvalue weighted by Gasteiger charge is 2.23. The van der Waals surface area contributed by atoms with Gasteiger partial charge >= 0.3 is 6.03 Å². The summed E-state index contributed by atoms with van der Waals surface area (Å²) in [6.07, 6.45) is 6.10. The zero-order valence-corrected chi connectivity index (χ0v) is 18.2. The zero-order valence-electron chi connectivity index (χ0n) is 18.2. The van der Waals surface area contributed by atoms with Gasteiger partial charge < -0.3 is 19.6 Å². The van der Waals surface area contributed by atoms with Crippen LogP contribution in [0.5, 0.6) is 0 Å². The van der Waals surface area contributed by atoms with Crippen LogP contribution in [0.4, 0.5) is 16.2 Å². The highest BCUT2D eigenvalue weighted by atomic mass is 16.5. The second kappa shape index (κ2) is 9.42. The Kier molecular flexibility index (Phi) is 6.05. The first-order valence-electron chi connectivity index (χ1n) is 11.6. The van der Waals surface area contributed by atoms with Crippen molar-refractivity contribution in [1.82, 2.24) is 15.0 Å². The van der Waals surface area contributed by atoms with Gasteiger partial charge in [0.15, 0.2) is 0 Å². The van der Waals surface area contributed by atoms with E-state index in [9.17, 15) is 4.79 Å². The first-order valence-corrected chi connectivity index (χ1v) is 11.6. The van der Waals surface area contributed by atoms with Gasteiger partial charge in [-0.05, 0) is 49.2 Å². The average molecular weight is 432 g/mol. The van der Waals surface area contributed by atoms with E-state index in [4.69, 9.17) is 4.52 Å². The van der Waals surface area contributed by atoms with E-state index in [1.165, 1.54) is 19.3 Å². The van der Waals surface area contributed by atoms with Crippen LogP contribution in [0.2, 0.25) is 0 Å². The number of piperazine rings is 1. The van der Waals surface area contributed by atoms with Crippen molar-refractivity contribution in [2.24, 2.45) is 0 Å². The first-order chi connectivity index (χ1) is 15.8. The minimum absolute atomic E-state index is 0.0444. The molecule has 0 spiro atoms. The Morgan fingerprint density at radius 3 is 2.34 bits per heavy atom. The lowest BCUT2D eigenvalue weighted by atomic mass is 9.89. The molecule has 1 aromatic heterocycles. The molecule has 32 heavy (non-hydrogen) atoms. The van der Waals surface area contributed by atoms with E-state index in [0.717, 1.165) is 48.8 Å². The molecule has 2 fully saturated rings. The average Bonchev–Trinajstić information content (AvgIpc) is 3.36. The first kappa shape index (κ1) is 20.5. The van der Waals surface area contributed by atoms with E-state index in [2.05, 4.69) is 44.6 Å². The molecule has 5 rings (SSSR count). The molecule has 2 amide bonds. The van der Waals surface area contributed by atoms with Gasteiger partial charge in [-0.2, -0.15) is 4.98 Å². The number of amides is 2. The molecule has 0 atom stereocenters. The maximum absolute atomic E-state index is 12.5. The largest absolute Gasteiger partial charge is 0.368 e. The van der Waals surface area contributed by atoms with Crippen molar-refractivity contribution in [3.63, 3.8) is 0 Å². The van der Waals surface area contributed by atoms with Gasteiger partial charge in [0.05, 0.1) is 0 Å². The van der Waals surface area contributed by atoms with Gasteiger partial charge in [-0.3, -0.25) is 0 Å². The van der Waals surface area contributed by atoms with Crippen molar-refractivity contribution in [3.8, 4) is 11.4 Å². The van der Waals surface area contributed by atoms with Crippen LogP contribution < -0.4 is 10.2 Å². The maximum atomic E-state index is 12.5. The molecule has 0 bridgehead atoms. The summed E-state index contributed by atoms with van der Waals surface area (Å²) >= 11 is 0.